The lowest BCUT2D eigenvalue weighted by molar-refractivity contribution is -0.159. The van der Waals surface area contributed by atoms with Crippen molar-refractivity contribution in [1.82, 2.24) is 10.2 Å². The molecule has 28 heavy (non-hydrogen) atoms. The average Bonchev–Trinajstić information content (AvgIpc) is 2.57. The van der Waals surface area contributed by atoms with Gasteiger partial charge in [0.15, 0.2) is 6.10 Å². The van der Waals surface area contributed by atoms with Crippen LogP contribution in [-0.4, -0.2) is 76.4 Å². The topological polar surface area (TPSA) is 105 Å². The molecule has 2 rings (SSSR count). The van der Waals surface area contributed by atoms with Crippen LogP contribution in [0.3, 0.4) is 0 Å². The molecule has 1 aliphatic carbocycles. The first-order chi connectivity index (χ1) is 13.1. The number of carboxylic acids is 1. The highest BCUT2D eigenvalue weighted by molar-refractivity contribution is 8.76. The van der Waals surface area contributed by atoms with Crippen molar-refractivity contribution in [3.05, 3.63) is 0 Å². The Morgan fingerprint density at radius 3 is 2.50 bits per heavy atom. The second-order valence-electron chi connectivity index (χ2n) is 8.05. The van der Waals surface area contributed by atoms with E-state index in [4.69, 9.17) is 14.6 Å². The van der Waals surface area contributed by atoms with E-state index >= 15 is 0 Å². The summed E-state index contributed by atoms with van der Waals surface area (Å²) < 4.78 is 11.3. The quantitative estimate of drug-likeness (QED) is 0.443. The first kappa shape index (κ1) is 23.2. The normalized spacial score (nSPS) is 21.1. The molecule has 2 N–H and O–H groups in total. The Hall–Kier alpha value is -1.13. The van der Waals surface area contributed by atoms with Gasteiger partial charge in [-0.25, -0.2) is 4.79 Å². The minimum Gasteiger partial charge on any atom is -0.481 e. The number of nitrogens with one attached hydrogen (secondary N) is 1. The Morgan fingerprint density at radius 2 is 1.93 bits per heavy atom. The number of aliphatic carboxylic acids is 1. The molecule has 0 aromatic rings. The van der Waals surface area contributed by atoms with Crippen LogP contribution in [0, 0.1) is 0 Å². The third kappa shape index (κ3) is 6.73. The monoisotopic (exact) mass is 434 g/mol. The minimum absolute atomic E-state index is 0.127. The number of amides is 2. The van der Waals surface area contributed by atoms with Gasteiger partial charge in [-0.1, -0.05) is 21.6 Å². The number of morpholine rings is 1. The van der Waals surface area contributed by atoms with Gasteiger partial charge in [-0.05, 0) is 40.0 Å². The largest absolute Gasteiger partial charge is 0.481 e. The van der Waals surface area contributed by atoms with Crippen LogP contribution in [0.4, 0.5) is 4.79 Å². The fourth-order valence-electron chi connectivity index (χ4n) is 3.07. The van der Waals surface area contributed by atoms with Crippen LogP contribution in [0.25, 0.3) is 0 Å². The average molecular weight is 435 g/mol. The predicted molar refractivity (Wildman–Crippen MR) is 109 cm³/mol. The van der Waals surface area contributed by atoms with Gasteiger partial charge in [-0.3, -0.25) is 14.5 Å². The Bertz CT molecular complexity index is 577. The van der Waals surface area contributed by atoms with E-state index < -0.39 is 23.8 Å². The zero-order chi connectivity index (χ0) is 20.8. The molecule has 2 fully saturated rings. The molecule has 1 spiro atoms. The van der Waals surface area contributed by atoms with Crippen molar-refractivity contribution in [2.24, 2.45) is 0 Å². The first-order valence-electron chi connectivity index (χ1n) is 9.49. The first-order valence-corrected chi connectivity index (χ1v) is 12.0. The molecule has 2 amide bonds. The molecule has 160 valence electrons. The molecule has 8 nitrogen and oxygen atoms in total. The van der Waals surface area contributed by atoms with E-state index in [1.165, 1.54) is 21.6 Å². The van der Waals surface area contributed by atoms with E-state index in [9.17, 15) is 14.4 Å². The molecular formula is C18H30N2O6S2. The van der Waals surface area contributed by atoms with Gasteiger partial charge >= 0.3 is 12.1 Å². The summed E-state index contributed by atoms with van der Waals surface area (Å²) in [6, 6.07) is 0. The fraction of sp³-hybridized carbons (Fsp3) is 0.833. The van der Waals surface area contributed by atoms with Crippen LogP contribution in [0.1, 0.15) is 46.5 Å². The maximum absolute atomic E-state index is 12.7. The van der Waals surface area contributed by atoms with E-state index in [-0.39, 0.29) is 24.4 Å². The summed E-state index contributed by atoms with van der Waals surface area (Å²) in [5.74, 6) is 0.156. The lowest BCUT2D eigenvalue weighted by Gasteiger charge is -2.53. The second-order valence-corrected chi connectivity index (χ2v) is 10.7. The molecule has 0 radical (unpaired) electrons. The second kappa shape index (κ2) is 10.1. The summed E-state index contributed by atoms with van der Waals surface area (Å²) >= 11 is 0. The van der Waals surface area contributed by atoms with Crippen molar-refractivity contribution < 1.29 is 29.0 Å². The molecule has 0 aromatic carbocycles. The van der Waals surface area contributed by atoms with Gasteiger partial charge in [0.25, 0.3) is 5.91 Å². The van der Waals surface area contributed by atoms with Crippen LogP contribution in [0.5, 0.6) is 0 Å². The number of carbonyl (C=O) groups excluding carboxylic acids is 2. The van der Waals surface area contributed by atoms with Crippen LogP contribution in [-0.2, 0) is 19.1 Å². The molecule has 1 atom stereocenters. The zero-order valence-electron chi connectivity index (χ0n) is 16.7. The molecule has 2 aliphatic rings. The van der Waals surface area contributed by atoms with Crippen LogP contribution in [0.2, 0.25) is 0 Å². The standard InChI is InChI=1S/C18H30N2O6S2/c1-17(2,3)26-16(24)20-11-13(25-12-18(20)6-4-7-18)15(23)19-8-10-28-27-9-5-14(21)22/h13H,4-12H2,1-3H3,(H,19,23)(H,21,22). The highest BCUT2D eigenvalue weighted by atomic mass is 33.1. The minimum atomic E-state index is -0.811. The lowest BCUT2D eigenvalue weighted by atomic mass is 9.75. The van der Waals surface area contributed by atoms with Gasteiger partial charge in [0.2, 0.25) is 0 Å². The highest BCUT2D eigenvalue weighted by Gasteiger charge is 2.51. The Balaban J connectivity index is 1.78. The summed E-state index contributed by atoms with van der Waals surface area (Å²) in [7, 11) is 2.99. The summed E-state index contributed by atoms with van der Waals surface area (Å²) in [6.45, 7) is 6.49. The van der Waals surface area contributed by atoms with Crippen molar-refractivity contribution >= 4 is 39.6 Å². The SMILES string of the molecule is CC(C)(C)OC(=O)N1CC(C(=O)NCCSSCCC(=O)O)OCC12CCC2. The predicted octanol–water partition coefficient (Wildman–Crippen LogP) is 2.52. The van der Waals surface area contributed by atoms with E-state index in [1.807, 2.05) is 20.8 Å². The molecule has 1 saturated carbocycles. The van der Waals surface area contributed by atoms with Gasteiger partial charge in [0.05, 0.1) is 25.1 Å². The number of hydrogen-bond acceptors (Lipinski definition) is 7. The maximum atomic E-state index is 12.7. The fourth-order valence-corrected chi connectivity index (χ4v) is 4.95. The maximum Gasteiger partial charge on any atom is 0.410 e. The summed E-state index contributed by atoms with van der Waals surface area (Å²) in [4.78, 5) is 37.2. The molecule has 10 heteroatoms. The van der Waals surface area contributed by atoms with Crippen LogP contribution >= 0.6 is 21.6 Å². The third-order valence-corrected chi connectivity index (χ3v) is 7.04. The Labute approximate surface area is 173 Å². The molecule has 1 unspecified atom stereocenters. The number of hydrogen-bond donors (Lipinski definition) is 2. The van der Waals surface area contributed by atoms with Crippen molar-refractivity contribution in [3.8, 4) is 0 Å². The lowest BCUT2D eigenvalue weighted by Crippen LogP contribution is -2.67. The Morgan fingerprint density at radius 1 is 1.25 bits per heavy atom. The van der Waals surface area contributed by atoms with E-state index in [0.29, 0.717) is 24.7 Å². The van der Waals surface area contributed by atoms with Crippen molar-refractivity contribution in [2.45, 2.75) is 63.7 Å². The molecule has 0 bridgehead atoms. The van der Waals surface area contributed by atoms with E-state index in [0.717, 1.165) is 19.3 Å². The van der Waals surface area contributed by atoms with Gasteiger partial charge in [0.1, 0.15) is 5.60 Å². The van der Waals surface area contributed by atoms with Gasteiger partial charge in [0, 0.05) is 18.1 Å². The van der Waals surface area contributed by atoms with Crippen molar-refractivity contribution in [3.63, 3.8) is 0 Å². The van der Waals surface area contributed by atoms with Gasteiger partial charge < -0.3 is 19.9 Å². The van der Waals surface area contributed by atoms with Crippen LogP contribution < -0.4 is 5.32 Å². The van der Waals surface area contributed by atoms with Gasteiger partial charge in [-0.15, -0.1) is 0 Å². The summed E-state index contributed by atoms with van der Waals surface area (Å²) in [5, 5.41) is 11.4. The number of nitrogens with zero attached hydrogens (tertiary/aromatic N) is 1. The molecule has 1 aliphatic heterocycles. The van der Waals surface area contributed by atoms with Gasteiger partial charge in [-0.2, -0.15) is 0 Å². The highest BCUT2D eigenvalue weighted by Crippen LogP contribution is 2.41. The molecule has 1 heterocycles. The smallest absolute Gasteiger partial charge is 0.410 e. The summed E-state index contributed by atoms with van der Waals surface area (Å²) in [6.07, 6.45) is 1.80. The number of rotatable bonds is 8. The number of carbonyl (C=O) groups is 3. The molecule has 1 saturated heterocycles. The third-order valence-electron chi connectivity index (χ3n) is 4.63. The molecule has 0 aromatic heterocycles. The number of ether oxygens (including phenoxy) is 2. The van der Waals surface area contributed by atoms with E-state index in [2.05, 4.69) is 5.32 Å². The van der Waals surface area contributed by atoms with Crippen LogP contribution in [0.15, 0.2) is 0 Å². The van der Waals surface area contributed by atoms with Crippen molar-refractivity contribution in [2.75, 3.05) is 31.2 Å². The molecular weight excluding hydrogens is 404 g/mol. The summed E-state index contributed by atoms with van der Waals surface area (Å²) in [5.41, 5.74) is -0.927. The number of carboxylic acid groups (broad SMARTS) is 1. The van der Waals surface area contributed by atoms with E-state index in [1.54, 1.807) is 4.90 Å². The zero-order valence-corrected chi connectivity index (χ0v) is 18.3. The Kier molecular flexibility index (Phi) is 8.32. The van der Waals surface area contributed by atoms with Crippen molar-refractivity contribution in [1.29, 1.82) is 0 Å².